The number of rotatable bonds is 4. The third kappa shape index (κ3) is 4.34. The van der Waals surface area contributed by atoms with Crippen molar-refractivity contribution in [3.05, 3.63) is 94.7 Å². The molecule has 4 rings (SSSR count). The van der Waals surface area contributed by atoms with Crippen molar-refractivity contribution in [1.82, 2.24) is 9.97 Å². The van der Waals surface area contributed by atoms with Crippen LogP contribution < -0.4 is 11.1 Å². The number of nitrogens with zero attached hydrogens (tertiary/aromatic N) is 2. The standard InChI is InChI=1S/C24H20ClN5O/c1-28-18-9-4-14(5-10-18)21-13-22(30-24(27)29-21)16-6-11-20(26)19(12-16)23(31)15-2-7-17(25)8-3-15/h2-13,26,28,31H,1H3,(H2,27,29,30)/b23-19-,26-20?. The predicted molar refractivity (Wildman–Crippen MR) is 127 cm³/mol. The molecule has 3 aromatic rings. The second kappa shape index (κ2) is 8.45. The second-order valence-electron chi connectivity index (χ2n) is 6.94. The quantitative estimate of drug-likeness (QED) is 0.417. The van der Waals surface area contributed by atoms with Crippen LogP contribution in [0.1, 0.15) is 11.3 Å². The van der Waals surface area contributed by atoms with Gasteiger partial charge in [0.05, 0.1) is 17.1 Å². The Hall–Kier alpha value is -3.90. The van der Waals surface area contributed by atoms with Gasteiger partial charge in [0.25, 0.3) is 0 Å². The van der Waals surface area contributed by atoms with Crippen molar-refractivity contribution in [2.24, 2.45) is 0 Å². The van der Waals surface area contributed by atoms with Crippen LogP contribution in [0.4, 0.5) is 11.6 Å². The number of hydrogen-bond acceptors (Lipinski definition) is 6. The number of aliphatic hydroxyl groups is 1. The summed E-state index contributed by atoms with van der Waals surface area (Å²) in [5, 5.41) is 22.7. The number of allylic oxidation sites excluding steroid dienone is 5. The highest BCUT2D eigenvalue weighted by molar-refractivity contribution is 6.30. The predicted octanol–water partition coefficient (Wildman–Crippen LogP) is 5.36. The number of nitrogen functional groups attached to an aromatic ring is 1. The van der Waals surface area contributed by atoms with Gasteiger partial charge < -0.3 is 21.6 Å². The Morgan fingerprint density at radius 2 is 1.68 bits per heavy atom. The highest BCUT2D eigenvalue weighted by Crippen LogP contribution is 2.29. The molecule has 31 heavy (non-hydrogen) atoms. The molecule has 5 N–H and O–H groups in total. The fourth-order valence-corrected chi connectivity index (χ4v) is 3.36. The first kappa shape index (κ1) is 20.4. The van der Waals surface area contributed by atoms with Crippen molar-refractivity contribution in [2.75, 3.05) is 18.1 Å². The molecule has 6 nitrogen and oxygen atoms in total. The van der Waals surface area contributed by atoms with Crippen LogP contribution in [-0.4, -0.2) is 27.8 Å². The molecule has 0 radical (unpaired) electrons. The second-order valence-corrected chi connectivity index (χ2v) is 7.38. The van der Waals surface area contributed by atoms with Crippen molar-refractivity contribution < 1.29 is 5.11 Å². The van der Waals surface area contributed by atoms with E-state index in [0.29, 0.717) is 33.1 Å². The number of anilines is 2. The summed E-state index contributed by atoms with van der Waals surface area (Å²) in [5.74, 6) is 0.140. The number of hydrogen-bond donors (Lipinski definition) is 4. The van der Waals surface area contributed by atoms with E-state index in [0.717, 1.165) is 11.3 Å². The zero-order chi connectivity index (χ0) is 22.0. The lowest BCUT2D eigenvalue weighted by atomic mass is 9.94. The molecule has 1 aromatic heterocycles. The lowest BCUT2D eigenvalue weighted by Crippen LogP contribution is -2.06. The average Bonchev–Trinajstić information content (AvgIpc) is 2.79. The zero-order valence-corrected chi connectivity index (χ0v) is 17.5. The summed E-state index contributed by atoms with van der Waals surface area (Å²) in [4.78, 5) is 8.72. The first-order chi connectivity index (χ1) is 14.9. The summed E-state index contributed by atoms with van der Waals surface area (Å²) in [6, 6.07) is 16.5. The molecule has 0 amide bonds. The highest BCUT2D eigenvalue weighted by Gasteiger charge is 2.17. The van der Waals surface area contributed by atoms with E-state index in [4.69, 9.17) is 22.7 Å². The molecule has 0 saturated carbocycles. The molecule has 1 aliphatic rings. The van der Waals surface area contributed by atoms with Crippen LogP contribution in [0.25, 0.3) is 22.6 Å². The van der Waals surface area contributed by atoms with Crippen molar-refractivity contribution >= 4 is 40.3 Å². The summed E-state index contributed by atoms with van der Waals surface area (Å²) in [5.41, 5.74) is 11.0. The lowest BCUT2D eigenvalue weighted by Gasteiger charge is -2.14. The van der Waals surface area contributed by atoms with E-state index in [9.17, 15) is 5.11 Å². The maximum absolute atomic E-state index is 10.8. The molecular weight excluding hydrogens is 410 g/mol. The van der Waals surface area contributed by atoms with Crippen molar-refractivity contribution in [2.45, 2.75) is 0 Å². The minimum Gasteiger partial charge on any atom is -0.507 e. The molecule has 0 fully saturated rings. The Bertz CT molecular complexity index is 1240. The van der Waals surface area contributed by atoms with E-state index in [1.54, 1.807) is 42.5 Å². The van der Waals surface area contributed by atoms with Crippen LogP contribution >= 0.6 is 11.6 Å². The van der Waals surface area contributed by atoms with Crippen LogP contribution in [0, 0.1) is 5.41 Å². The summed E-state index contributed by atoms with van der Waals surface area (Å²) >= 11 is 5.94. The number of aliphatic hydroxyl groups excluding tert-OH is 1. The first-order valence-electron chi connectivity index (χ1n) is 9.55. The van der Waals surface area contributed by atoms with Crippen LogP contribution in [0.3, 0.4) is 0 Å². The van der Waals surface area contributed by atoms with Crippen molar-refractivity contribution in [3.63, 3.8) is 0 Å². The monoisotopic (exact) mass is 429 g/mol. The summed E-state index contributed by atoms with van der Waals surface area (Å²) < 4.78 is 0. The molecule has 0 saturated heterocycles. The van der Waals surface area contributed by atoms with Gasteiger partial charge in [-0.3, -0.25) is 0 Å². The minimum atomic E-state index is -0.00609. The van der Waals surface area contributed by atoms with Gasteiger partial charge >= 0.3 is 0 Å². The smallest absolute Gasteiger partial charge is 0.221 e. The van der Waals surface area contributed by atoms with E-state index in [-0.39, 0.29) is 17.4 Å². The Labute approximate surface area is 185 Å². The van der Waals surface area contributed by atoms with Gasteiger partial charge in [-0.05, 0) is 54.6 Å². The van der Waals surface area contributed by atoms with E-state index >= 15 is 0 Å². The summed E-state index contributed by atoms with van der Waals surface area (Å²) in [7, 11) is 1.86. The van der Waals surface area contributed by atoms with Gasteiger partial charge in [-0.15, -0.1) is 0 Å². The third-order valence-corrected chi connectivity index (χ3v) is 5.15. The Morgan fingerprint density at radius 1 is 1.00 bits per heavy atom. The molecule has 1 aliphatic carbocycles. The Balaban J connectivity index is 1.76. The van der Waals surface area contributed by atoms with Crippen LogP contribution in [0.2, 0.25) is 5.02 Å². The Morgan fingerprint density at radius 3 is 2.35 bits per heavy atom. The van der Waals surface area contributed by atoms with Gasteiger partial charge in [-0.1, -0.05) is 29.8 Å². The molecule has 0 spiro atoms. The van der Waals surface area contributed by atoms with E-state index in [2.05, 4.69) is 15.3 Å². The molecule has 2 aromatic carbocycles. The Kier molecular flexibility index (Phi) is 5.56. The number of halogens is 1. The molecule has 0 atom stereocenters. The topological polar surface area (TPSA) is 108 Å². The summed E-state index contributed by atoms with van der Waals surface area (Å²) in [6.07, 6.45) is 5.12. The van der Waals surface area contributed by atoms with Gasteiger partial charge in [-0.2, -0.15) is 0 Å². The molecule has 0 unspecified atom stereocenters. The maximum atomic E-state index is 10.8. The largest absolute Gasteiger partial charge is 0.507 e. The molecule has 0 aliphatic heterocycles. The molecular formula is C24H20ClN5O. The van der Waals surface area contributed by atoms with Gasteiger partial charge in [0.15, 0.2) is 0 Å². The third-order valence-electron chi connectivity index (χ3n) is 4.90. The van der Waals surface area contributed by atoms with Gasteiger partial charge in [0.1, 0.15) is 5.76 Å². The van der Waals surface area contributed by atoms with E-state index in [1.807, 2.05) is 37.4 Å². The first-order valence-corrected chi connectivity index (χ1v) is 9.93. The molecule has 7 heteroatoms. The number of nitrogens with two attached hydrogens (primary N) is 1. The SMILES string of the molecule is CNc1ccc(-c2cc(C3=C/C(=C(/O)c4ccc(Cl)cc4)C(=N)C=C3)nc(N)n2)cc1. The summed E-state index contributed by atoms with van der Waals surface area (Å²) in [6.45, 7) is 0. The van der Waals surface area contributed by atoms with Gasteiger partial charge in [-0.25, -0.2) is 9.97 Å². The lowest BCUT2D eigenvalue weighted by molar-refractivity contribution is 0.510. The number of nitrogens with one attached hydrogen (secondary N) is 2. The zero-order valence-electron chi connectivity index (χ0n) is 16.7. The van der Waals surface area contributed by atoms with Crippen LogP contribution in [0.5, 0.6) is 0 Å². The highest BCUT2D eigenvalue weighted by atomic mass is 35.5. The maximum Gasteiger partial charge on any atom is 0.221 e. The molecule has 1 heterocycles. The molecule has 0 bridgehead atoms. The number of benzene rings is 2. The fourth-order valence-electron chi connectivity index (χ4n) is 3.23. The van der Waals surface area contributed by atoms with Crippen molar-refractivity contribution in [3.8, 4) is 11.3 Å². The van der Waals surface area contributed by atoms with Gasteiger partial charge in [0.2, 0.25) is 5.95 Å². The normalized spacial score (nSPS) is 14.9. The van der Waals surface area contributed by atoms with Gasteiger partial charge in [0, 0.05) is 40.0 Å². The number of aromatic nitrogens is 2. The fraction of sp³-hybridized carbons (Fsp3) is 0.0417. The van der Waals surface area contributed by atoms with E-state index < -0.39 is 0 Å². The van der Waals surface area contributed by atoms with Crippen LogP contribution in [0.15, 0.2) is 78.4 Å². The minimum absolute atomic E-state index is 0.00609. The molecule has 154 valence electrons. The van der Waals surface area contributed by atoms with Crippen LogP contribution in [-0.2, 0) is 0 Å². The average molecular weight is 430 g/mol. The van der Waals surface area contributed by atoms with E-state index in [1.165, 1.54) is 0 Å². The van der Waals surface area contributed by atoms with Crippen molar-refractivity contribution in [1.29, 1.82) is 5.41 Å².